The van der Waals surface area contributed by atoms with Crippen LogP contribution in [0, 0.1) is 0 Å². The zero-order chi connectivity index (χ0) is 11.7. The molecule has 0 spiro atoms. The molecule has 2 aromatic rings. The van der Waals surface area contributed by atoms with E-state index in [2.05, 4.69) is 15.0 Å². The second kappa shape index (κ2) is 4.11. The summed E-state index contributed by atoms with van der Waals surface area (Å²) in [7, 11) is 0. The van der Waals surface area contributed by atoms with Crippen molar-refractivity contribution in [1.29, 1.82) is 0 Å². The molecule has 1 aromatic carbocycles. The Balaban J connectivity index is 2.66. The van der Waals surface area contributed by atoms with Crippen LogP contribution in [0.3, 0.4) is 0 Å². The van der Waals surface area contributed by atoms with Crippen LogP contribution in [0.25, 0.3) is 11.4 Å². The Morgan fingerprint density at radius 3 is 2.69 bits per heavy atom. The van der Waals surface area contributed by atoms with Crippen molar-refractivity contribution < 1.29 is 0 Å². The average Bonchev–Trinajstić information content (AvgIpc) is 2.20. The number of rotatable bonds is 1. The van der Waals surface area contributed by atoms with Crippen LogP contribution in [0.15, 0.2) is 23.0 Å². The molecule has 0 amide bonds. The van der Waals surface area contributed by atoms with E-state index in [1.807, 2.05) is 0 Å². The van der Waals surface area contributed by atoms with Crippen LogP contribution >= 0.6 is 23.2 Å². The molecule has 0 aliphatic heterocycles. The third-order valence-electron chi connectivity index (χ3n) is 1.85. The first-order chi connectivity index (χ1) is 7.56. The molecule has 0 bridgehead atoms. The molecule has 16 heavy (non-hydrogen) atoms. The smallest absolute Gasteiger partial charge is 0.349 e. The molecule has 2 rings (SSSR count). The van der Waals surface area contributed by atoms with E-state index in [1.54, 1.807) is 18.2 Å². The highest BCUT2D eigenvalue weighted by molar-refractivity contribution is 6.35. The van der Waals surface area contributed by atoms with Gasteiger partial charge in [0.15, 0.2) is 0 Å². The van der Waals surface area contributed by atoms with Gasteiger partial charge >= 0.3 is 5.69 Å². The number of H-pyrrole nitrogens is 1. The van der Waals surface area contributed by atoms with E-state index in [0.717, 1.165) is 0 Å². The van der Waals surface area contributed by atoms with E-state index in [-0.39, 0.29) is 11.8 Å². The molecule has 7 heteroatoms. The summed E-state index contributed by atoms with van der Waals surface area (Å²) in [5.41, 5.74) is 5.28. The molecule has 0 fully saturated rings. The predicted octanol–water partition coefficient (Wildman–Crippen LogP) is 1.72. The molecule has 1 aromatic heterocycles. The van der Waals surface area contributed by atoms with E-state index in [4.69, 9.17) is 28.9 Å². The highest BCUT2D eigenvalue weighted by Gasteiger charge is 2.08. The largest absolute Gasteiger partial charge is 0.368 e. The summed E-state index contributed by atoms with van der Waals surface area (Å²) in [5.74, 6) is 0.125. The fourth-order valence-corrected chi connectivity index (χ4v) is 1.59. The Labute approximate surface area is 100 Å². The summed E-state index contributed by atoms with van der Waals surface area (Å²) in [6, 6.07) is 4.83. The van der Waals surface area contributed by atoms with Crippen molar-refractivity contribution in [1.82, 2.24) is 15.0 Å². The van der Waals surface area contributed by atoms with Gasteiger partial charge in [-0.05, 0) is 18.2 Å². The van der Waals surface area contributed by atoms with E-state index in [9.17, 15) is 4.79 Å². The molecule has 0 saturated heterocycles. The van der Waals surface area contributed by atoms with Crippen molar-refractivity contribution in [3.05, 3.63) is 38.7 Å². The van der Waals surface area contributed by atoms with Crippen LogP contribution in [0.5, 0.6) is 0 Å². The van der Waals surface area contributed by atoms with Crippen LogP contribution < -0.4 is 11.4 Å². The van der Waals surface area contributed by atoms with Crippen molar-refractivity contribution in [2.45, 2.75) is 0 Å². The van der Waals surface area contributed by atoms with Crippen LogP contribution in [0.2, 0.25) is 10.0 Å². The normalized spacial score (nSPS) is 10.4. The van der Waals surface area contributed by atoms with Crippen molar-refractivity contribution in [2.75, 3.05) is 5.73 Å². The van der Waals surface area contributed by atoms with Crippen molar-refractivity contribution in [3.63, 3.8) is 0 Å². The minimum Gasteiger partial charge on any atom is -0.368 e. The number of nitrogens with one attached hydrogen (secondary N) is 1. The average molecular weight is 257 g/mol. The summed E-state index contributed by atoms with van der Waals surface area (Å²) >= 11 is 11.8. The number of hydrogen-bond donors (Lipinski definition) is 2. The van der Waals surface area contributed by atoms with E-state index in [0.29, 0.717) is 15.6 Å². The lowest BCUT2D eigenvalue weighted by atomic mass is 10.2. The van der Waals surface area contributed by atoms with Crippen LogP contribution in [0.1, 0.15) is 0 Å². The fraction of sp³-hybridized carbons (Fsp3) is 0. The minimum atomic E-state index is -0.585. The maximum Gasteiger partial charge on any atom is 0.349 e. The van der Waals surface area contributed by atoms with E-state index in [1.165, 1.54) is 0 Å². The zero-order valence-corrected chi connectivity index (χ0v) is 9.38. The summed E-state index contributed by atoms with van der Waals surface area (Å²) in [4.78, 5) is 20.8. The van der Waals surface area contributed by atoms with Gasteiger partial charge in [0.05, 0.1) is 5.02 Å². The first-order valence-corrected chi connectivity index (χ1v) is 5.01. The molecular formula is C9H6Cl2N4O. The Bertz CT molecular complexity index is 596. The number of aromatic nitrogens is 3. The Hall–Kier alpha value is -1.59. The first kappa shape index (κ1) is 10.9. The number of aromatic amines is 1. The fourth-order valence-electron chi connectivity index (χ4n) is 1.21. The summed E-state index contributed by atoms with van der Waals surface area (Å²) in [5, 5.41) is 0.899. The number of nitrogens with two attached hydrogens (primary N) is 1. The van der Waals surface area contributed by atoms with Gasteiger partial charge in [-0.1, -0.05) is 23.2 Å². The van der Waals surface area contributed by atoms with Crippen molar-refractivity contribution in [2.24, 2.45) is 0 Å². The van der Waals surface area contributed by atoms with Gasteiger partial charge in [0.2, 0.25) is 5.95 Å². The molecule has 0 unspecified atom stereocenters. The van der Waals surface area contributed by atoms with Gasteiger partial charge in [0, 0.05) is 10.6 Å². The summed E-state index contributed by atoms with van der Waals surface area (Å²) < 4.78 is 0. The molecule has 1 heterocycles. The van der Waals surface area contributed by atoms with Gasteiger partial charge < -0.3 is 5.73 Å². The second-order valence-corrected chi connectivity index (χ2v) is 3.83. The summed E-state index contributed by atoms with van der Waals surface area (Å²) in [6.45, 7) is 0. The third-order valence-corrected chi connectivity index (χ3v) is 2.42. The highest BCUT2D eigenvalue weighted by atomic mass is 35.5. The topological polar surface area (TPSA) is 84.7 Å². The van der Waals surface area contributed by atoms with Crippen LogP contribution in [-0.4, -0.2) is 15.0 Å². The van der Waals surface area contributed by atoms with Crippen LogP contribution in [-0.2, 0) is 0 Å². The van der Waals surface area contributed by atoms with Gasteiger partial charge in [-0.25, -0.2) is 4.79 Å². The quantitative estimate of drug-likeness (QED) is 0.814. The van der Waals surface area contributed by atoms with Gasteiger partial charge in [0.25, 0.3) is 0 Å². The zero-order valence-electron chi connectivity index (χ0n) is 7.87. The number of anilines is 1. The lowest BCUT2D eigenvalue weighted by Gasteiger charge is -2.03. The van der Waals surface area contributed by atoms with E-state index >= 15 is 0 Å². The Morgan fingerprint density at radius 1 is 1.25 bits per heavy atom. The van der Waals surface area contributed by atoms with Crippen LogP contribution in [0.4, 0.5) is 5.95 Å². The van der Waals surface area contributed by atoms with Gasteiger partial charge in [-0.15, -0.1) is 0 Å². The third kappa shape index (κ3) is 2.15. The number of nitrogen functional groups attached to an aromatic ring is 1. The van der Waals surface area contributed by atoms with E-state index < -0.39 is 5.69 Å². The molecule has 0 aliphatic rings. The molecule has 82 valence electrons. The van der Waals surface area contributed by atoms with Gasteiger partial charge in [-0.2, -0.15) is 9.97 Å². The molecule has 3 N–H and O–H groups in total. The Kier molecular flexibility index (Phi) is 2.80. The van der Waals surface area contributed by atoms with Gasteiger partial charge in [-0.3, -0.25) is 4.98 Å². The number of benzene rings is 1. The molecular weight excluding hydrogens is 251 g/mol. The highest BCUT2D eigenvalue weighted by Crippen LogP contribution is 2.27. The number of hydrogen-bond acceptors (Lipinski definition) is 4. The lowest BCUT2D eigenvalue weighted by Crippen LogP contribution is -2.15. The maximum atomic E-state index is 11.1. The second-order valence-electron chi connectivity index (χ2n) is 2.98. The predicted molar refractivity (Wildman–Crippen MR) is 62.5 cm³/mol. The molecule has 0 aliphatic carbocycles. The number of halogens is 2. The maximum absolute atomic E-state index is 11.1. The van der Waals surface area contributed by atoms with Crippen molar-refractivity contribution >= 4 is 29.2 Å². The monoisotopic (exact) mass is 256 g/mol. The van der Waals surface area contributed by atoms with Crippen molar-refractivity contribution in [3.8, 4) is 11.4 Å². The SMILES string of the molecule is Nc1nc(-c2cc(Cl)ccc2Cl)[nH]c(=O)n1. The molecule has 0 atom stereocenters. The summed E-state index contributed by atoms with van der Waals surface area (Å²) in [6.07, 6.45) is 0. The molecule has 5 nitrogen and oxygen atoms in total. The lowest BCUT2D eigenvalue weighted by molar-refractivity contribution is 1.01. The minimum absolute atomic E-state index is 0.116. The van der Waals surface area contributed by atoms with Gasteiger partial charge in [0.1, 0.15) is 5.82 Å². The molecule has 0 saturated carbocycles. The first-order valence-electron chi connectivity index (χ1n) is 4.25. The molecule has 0 radical (unpaired) electrons. The number of nitrogens with zero attached hydrogens (tertiary/aromatic N) is 2. The standard InChI is InChI=1S/C9H6Cl2N4O/c10-4-1-2-6(11)5(3-4)7-13-8(12)15-9(16)14-7/h1-3H,(H3,12,13,14,15,16). The Morgan fingerprint density at radius 2 is 2.00 bits per heavy atom.